The number of dihydropyridines is 1. The lowest BCUT2D eigenvalue weighted by atomic mass is 9.84. The largest absolute Gasteiger partial charge is 0.504 e. The Bertz CT molecular complexity index is 1940. The van der Waals surface area contributed by atoms with Crippen LogP contribution in [0.5, 0.6) is 11.5 Å². The lowest BCUT2D eigenvalue weighted by Crippen LogP contribution is -2.25. The Hall–Kier alpha value is -4.96. The first-order valence-corrected chi connectivity index (χ1v) is 19.0. The second-order valence-corrected chi connectivity index (χ2v) is 14.5. The van der Waals surface area contributed by atoms with Gasteiger partial charge in [0, 0.05) is 81.3 Å². The molecule has 0 spiro atoms. The average molecular weight is 723 g/mol. The number of fused-ring (bicyclic) bond motifs is 3. The molecule has 0 saturated heterocycles. The number of Topliss-reactive ketones (excluding diaryl/α,β-unsaturated/α-hetero) is 1. The smallest absolute Gasteiger partial charge is 0.302 e. The fourth-order valence-corrected chi connectivity index (χ4v) is 7.95. The lowest BCUT2D eigenvalue weighted by Gasteiger charge is -2.25. The molecule has 2 aromatic heterocycles. The number of rotatable bonds is 8. The van der Waals surface area contributed by atoms with Crippen molar-refractivity contribution in [3.8, 4) is 11.5 Å². The molecule has 0 fully saturated rings. The number of anilines is 1. The number of H-pyrrole nitrogens is 1. The minimum absolute atomic E-state index is 0.00773. The van der Waals surface area contributed by atoms with E-state index in [1.165, 1.54) is 30.7 Å². The molecule has 0 unspecified atom stereocenters. The van der Waals surface area contributed by atoms with Crippen LogP contribution in [0.4, 0.5) is 5.69 Å². The van der Waals surface area contributed by atoms with Gasteiger partial charge in [-0.05, 0) is 96.9 Å². The number of esters is 1. The number of nitrogens with one attached hydrogen (secondary N) is 3. The standard InChI is InChI=1S/C43H54N4O6/c1-5-29-11-13-37(53-28(2)48)22-36(49)23-40(32-12-14-41(50)42(20-32)52-4)47-26-33-8-6-10-39(38(33)27-47)46-43-21-31(15-16-45-43)30(9-7-17-51-3)19-35-25-44-24-34(35)18-29/h6,8,10,12,14-15,20-21,24-27,29-30,37,40,44-46,50H,5,7,9,11,13,16-19,22-23H2,1-4H3/t29-,30-,37-,40-/m1/s1. The van der Waals surface area contributed by atoms with E-state index in [2.05, 4.69) is 76.2 Å². The number of benzene rings is 2. The number of carbonyl (C=O) groups excluding carboxylic acids is 2. The van der Waals surface area contributed by atoms with Gasteiger partial charge in [0.1, 0.15) is 17.7 Å². The van der Waals surface area contributed by atoms with Gasteiger partial charge in [0.15, 0.2) is 11.5 Å². The zero-order valence-corrected chi connectivity index (χ0v) is 31.5. The minimum atomic E-state index is -0.514. The van der Waals surface area contributed by atoms with Crippen LogP contribution >= 0.6 is 0 Å². The predicted octanol–water partition coefficient (Wildman–Crippen LogP) is 7.98. The summed E-state index contributed by atoms with van der Waals surface area (Å²) < 4.78 is 18.8. The molecule has 4 heterocycles. The van der Waals surface area contributed by atoms with Crippen LogP contribution < -0.4 is 15.4 Å². The molecule has 53 heavy (non-hydrogen) atoms. The van der Waals surface area contributed by atoms with Crippen molar-refractivity contribution in [3.63, 3.8) is 0 Å². The maximum absolute atomic E-state index is 14.0. The molecule has 2 aromatic carbocycles. The van der Waals surface area contributed by atoms with Crippen LogP contribution in [-0.4, -0.2) is 59.9 Å². The van der Waals surface area contributed by atoms with Crippen LogP contribution in [0, 0.1) is 11.8 Å². The van der Waals surface area contributed by atoms with E-state index in [9.17, 15) is 14.7 Å². The second-order valence-electron chi connectivity index (χ2n) is 14.5. The number of ether oxygens (including phenoxy) is 3. The van der Waals surface area contributed by atoms with Gasteiger partial charge in [-0.1, -0.05) is 37.6 Å². The van der Waals surface area contributed by atoms with Gasteiger partial charge in [-0.3, -0.25) is 9.59 Å². The zero-order chi connectivity index (χ0) is 37.3. The molecule has 0 amide bonds. The third kappa shape index (κ3) is 9.53. The molecule has 0 radical (unpaired) electrons. The summed E-state index contributed by atoms with van der Waals surface area (Å²) in [6.45, 7) is 5.06. The Morgan fingerprint density at radius 2 is 1.85 bits per heavy atom. The summed E-state index contributed by atoms with van der Waals surface area (Å²) in [4.78, 5) is 29.7. The average Bonchev–Trinajstić information content (AvgIpc) is 3.79. The van der Waals surface area contributed by atoms with Crippen molar-refractivity contribution in [1.29, 1.82) is 0 Å². The molecular weight excluding hydrogens is 668 g/mol. The number of ketones is 1. The van der Waals surface area contributed by atoms with E-state index >= 15 is 0 Å². The fraction of sp³-hybridized carbons (Fsp3) is 0.442. The van der Waals surface area contributed by atoms with Gasteiger partial charge in [0.05, 0.1) is 13.2 Å². The molecule has 6 rings (SSSR count). The van der Waals surface area contributed by atoms with E-state index in [-0.39, 0.29) is 30.3 Å². The van der Waals surface area contributed by atoms with Crippen molar-refractivity contribution >= 4 is 28.2 Å². The number of carbonyl (C=O) groups is 2. The highest BCUT2D eigenvalue weighted by Gasteiger charge is 2.26. The Balaban J connectivity index is 1.41. The Morgan fingerprint density at radius 3 is 2.62 bits per heavy atom. The molecule has 2 aliphatic heterocycles. The number of hydrogen-bond donors (Lipinski definition) is 4. The number of aromatic amines is 1. The normalized spacial score (nSPS) is 21.4. The van der Waals surface area contributed by atoms with E-state index < -0.39 is 12.1 Å². The van der Waals surface area contributed by atoms with E-state index in [4.69, 9.17) is 14.2 Å². The second kappa shape index (κ2) is 17.7. The van der Waals surface area contributed by atoms with E-state index in [1.807, 2.05) is 12.1 Å². The van der Waals surface area contributed by atoms with Crippen LogP contribution in [0.3, 0.4) is 0 Å². The number of nitrogens with zero attached hydrogens (tertiary/aromatic N) is 1. The maximum Gasteiger partial charge on any atom is 0.302 e. The van der Waals surface area contributed by atoms with Crippen molar-refractivity contribution in [3.05, 3.63) is 101 Å². The SMILES string of the molecule is CC[C@@H]1CC[C@@H](OC(C)=O)CC(=O)C[C@H](c2ccc(O)c(OC)c2)n2cc3cccc(c3c2)NC2=CC(=CCN2)[C@H](CCCOC)Cc2c[nH]cc2C1. The fourth-order valence-electron chi connectivity index (χ4n) is 7.95. The van der Waals surface area contributed by atoms with Crippen LogP contribution in [0.15, 0.2) is 84.7 Å². The van der Waals surface area contributed by atoms with Gasteiger partial charge in [-0.15, -0.1) is 0 Å². The van der Waals surface area contributed by atoms with Crippen LogP contribution in [0.1, 0.15) is 81.5 Å². The molecule has 10 heteroatoms. The number of aromatic hydroxyl groups is 1. The summed E-state index contributed by atoms with van der Waals surface area (Å²) in [6, 6.07) is 11.0. The quantitative estimate of drug-likeness (QED) is 0.107. The van der Waals surface area contributed by atoms with Crippen LogP contribution in [0.2, 0.25) is 0 Å². The van der Waals surface area contributed by atoms with Crippen molar-refractivity contribution in [1.82, 2.24) is 14.9 Å². The van der Waals surface area contributed by atoms with Crippen molar-refractivity contribution in [2.45, 2.75) is 83.8 Å². The van der Waals surface area contributed by atoms with Gasteiger partial charge in [-0.25, -0.2) is 0 Å². The highest BCUT2D eigenvalue weighted by molar-refractivity contribution is 5.94. The number of hydrogen-bond acceptors (Lipinski definition) is 8. The molecule has 4 atom stereocenters. The first-order chi connectivity index (χ1) is 25.7. The Labute approximate surface area is 312 Å². The first kappa shape index (κ1) is 37.8. The number of aromatic nitrogens is 2. The summed E-state index contributed by atoms with van der Waals surface area (Å²) in [7, 11) is 3.28. The van der Waals surface area contributed by atoms with E-state index in [1.54, 1.807) is 19.2 Å². The third-order valence-corrected chi connectivity index (χ3v) is 10.8. The first-order valence-electron chi connectivity index (χ1n) is 19.0. The van der Waals surface area contributed by atoms with E-state index in [0.717, 1.165) is 79.5 Å². The molecule has 0 saturated carbocycles. The Kier molecular flexibility index (Phi) is 12.6. The molecule has 4 N–H and O–H groups in total. The summed E-state index contributed by atoms with van der Waals surface area (Å²) >= 11 is 0. The van der Waals surface area contributed by atoms with Crippen molar-refractivity contribution < 1.29 is 28.9 Å². The highest BCUT2D eigenvalue weighted by atomic mass is 16.5. The van der Waals surface area contributed by atoms with Gasteiger partial charge in [0.25, 0.3) is 0 Å². The van der Waals surface area contributed by atoms with Gasteiger partial charge < -0.3 is 39.5 Å². The molecular formula is C43H54N4O6. The summed E-state index contributed by atoms with van der Waals surface area (Å²) in [5.41, 5.74) is 5.73. The molecule has 282 valence electrons. The number of phenolic OH excluding ortho intramolecular Hbond substituents is 1. The topological polar surface area (TPSA) is 127 Å². The maximum atomic E-state index is 14.0. The summed E-state index contributed by atoms with van der Waals surface area (Å²) in [5, 5.41) is 19.7. The summed E-state index contributed by atoms with van der Waals surface area (Å²) in [6.07, 6.45) is 19.0. The number of phenols is 1. The zero-order valence-electron chi connectivity index (χ0n) is 31.5. The molecule has 0 aliphatic carbocycles. The molecule has 2 aliphatic rings. The van der Waals surface area contributed by atoms with E-state index in [0.29, 0.717) is 24.0 Å². The van der Waals surface area contributed by atoms with Gasteiger partial charge in [-0.2, -0.15) is 0 Å². The molecule has 4 bridgehead atoms. The predicted molar refractivity (Wildman–Crippen MR) is 208 cm³/mol. The highest BCUT2D eigenvalue weighted by Crippen LogP contribution is 2.36. The van der Waals surface area contributed by atoms with Crippen molar-refractivity contribution in [2.75, 3.05) is 32.7 Å². The molecule has 4 aromatic rings. The van der Waals surface area contributed by atoms with Gasteiger partial charge in [0.2, 0.25) is 0 Å². The lowest BCUT2D eigenvalue weighted by molar-refractivity contribution is -0.148. The monoisotopic (exact) mass is 722 g/mol. The van der Waals surface area contributed by atoms with Gasteiger partial charge >= 0.3 is 5.97 Å². The van der Waals surface area contributed by atoms with Crippen LogP contribution in [0.25, 0.3) is 10.8 Å². The third-order valence-electron chi connectivity index (χ3n) is 10.8. The number of methoxy groups -OCH3 is 2. The molecule has 10 nitrogen and oxygen atoms in total. The minimum Gasteiger partial charge on any atom is -0.504 e. The summed E-state index contributed by atoms with van der Waals surface area (Å²) in [5.74, 6) is 1.60. The van der Waals surface area contributed by atoms with Crippen LogP contribution in [-0.2, 0) is 31.9 Å². The Morgan fingerprint density at radius 1 is 1.02 bits per heavy atom. The van der Waals surface area contributed by atoms with Crippen molar-refractivity contribution in [2.24, 2.45) is 11.8 Å². The number of allylic oxidation sites excluding steroid dienone is 2.